The lowest BCUT2D eigenvalue weighted by atomic mass is 9.98. The van der Waals surface area contributed by atoms with Gasteiger partial charge in [0.1, 0.15) is 17.6 Å². The van der Waals surface area contributed by atoms with Crippen LogP contribution in [0.2, 0.25) is 0 Å². The first-order valence-electron chi connectivity index (χ1n) is 10.5. The third-order valence-electron chi connectivity index (χ3n) is 5.32. The summed E-state index contributed by atoms with van der Waals surface area (Å²) in [5.41, 5.74) is 1.01. The molecule has 0 aliphatic carbocycles. The maximum atomic E-state index is 13.0. The molecule has 32 heavy (non-hydrogen) atoms. The monoisotopic (exact) mass is 432 g/mol. The Morgan fingerprint density at radius 2 is 1.91 bits per heavy atom. The van der Waals surface area contributed by atoms with Crippen LogP contribution in [-0.2, 0) is 16.1 Å². The normalized spacial score (nSPS) is 17.7. The Bertz CT molecular complexity index is 1110. The number of aryl methyl sites for hydroxylation is 1. The van der Waals surface area contributed by atoms with Crippen molar-refractivity contribution in [3.8, 4) is 5.75 Å². The number of hydrogen-bond donors (Lipinski definition) is 1. The van der Waals surface area contributed by atoms with Gasteiger partial charge >= 0.3 is 0 Å². The first kappa shape index (κ1) is 21.3. The summed E-state index contributed by atoms with van der Waals surface area (Å²) >= 11 is 0. The van der Waals surface area contributed by atoms with Crippen LogP contribution in [0.4, 0.5) is 0 Å². The van der Waals surface area contributed by atoms with Gasteiger partial charge < -0.3 is 19.3 Å². The van der Waals surface area contributed by atoms with Gasteiger partial charge in [-0.25, -0.2) is 4.98 Å². The molecule has 0 saturated carbocycles. The molecule has 4 rings (SSSR count). The van der Waals surface area contributed by atoms with Gasteiger partial charge in [0, 0.05) is 37.2 Å². The summed E-state index contributed by atoms with van der Waals surface area (Å²) in [7, 11) is 0. The molecule has 1 amide bonds. The Balaban J connectivity index is 1.68. The minimum atomic E-state index is -0.759. The SMILES string of the molecule is CCOc1ccc(C(O)=C2C(=O)C(=O)N(CCCn3ccnc3)C2c2ccccn2)cc1. The lowest BCUT2D eigenvalue weighted by molar-refractivity contribution is -0.140. The lowest BCUT2D eigenvalue weighted by Gasteiger charge is -2.24. The zero-order chi connectivity index (χ0) is 22.5. The third-order valence-corrected chi connectivity index (χ3v) is 5.32. The molecule has 1 N–H and O–H groups in total. The largest absolute Gasteiger partial charge is 0.507 e. The Hall–Kier alpha value is -3.94. The maximum absolute atomic E-state index is 13.0. The highest BCUT2D eigenvalue weighted by molar-refractivity contribution is 6.46. The summed E-state index contributed by atoms with van der Waals surface area (Å²) in [6.45, 7) is 3.39. The molecular formula is C24H24N4O4. The Morgan fingerprint density at radius 3 is 2.56 bits per heavy atom. The van der Waals surface area contributed by atoms with Crippen LogP contribution in [0.25, 0.3) is 5.76 Å². The van der Waals surface area contributed by atoms with Crippen LogP contribution in [-0.4, -0.2) is 49.4 Å². The van der Waals surface area contributed by atoms with Crippen LogP contribution >= 0.6 is 0 Å². The molecule has 164 valence electrons. The number of aliphatic hydroxyl groups is 1. The maximum Gasteiger partial charge on any atom is 0.295 e. The van der Waals surface area contributed by atoms with Crippen LogP contribution in [0.5, 0.6) is 5.75 Å². The number of ketones is 1. The third kappa shape index (κ3) is 4.25. The van der Waals surface area contributed by atoms with Gasteiger partial charge in [0.2, 0.25) is 0 Å². The molecule has 8 nitrogen and oxygen atoms in total. The highest BCUT2D eigenvalue weighted by Crippen LogP contribution is 2.38. The van der Waals surface area contributed by atoms with Gasteiger partial charge in [0.25, 0.3) is 11.7 Å². The molecule has 2 aromatic heterocycles. The lowest BCUT2D eigenvalue weighted by Crippen LogP contribution is -2.31. The van der Waals surface area contributed by atoms with E-state index in [4.69, 9.17) is 4.74 Å². The number of nitrogens with zero attached hydrogens (tertiary/aromatic N) is 4. The molecule has 0 radical (unpaired) electrons. The minimum absolute atomic E-state index is 0.0421. The number of likely N-dealkylation sites (tertiary alicyclic amines) is 1. The number of aromatic nitrogens is 3. The zero-order valence-electron chi connectivity index (χ0n) is 17.7. The van der Waals surface area contributed by atoms with E-state index in [1.165, 1.54) is 4.90 Å². The average Bonchev–Trinajstić information content (AvgIpc) is 3.42. The van der Waals surface area contributed by atoms with Crippen LogP contribution in [0.1, 0.15) is 30.6 Å². The summed E-state index contributed by atoms with van der Waals surface area (Å²) in [6, 6.07) is 11.3. The van der Waals surface area contributed by atoms with Crippen molar-refractivity contribution < 1.29 is 19.4 Å². The quantitative estimate of drug-likeness (QED) is 0.334. The van der Waals surface area contributed by atoms with Crippen molar-refractivity contribution in [3.05, 3.63) is 84.2 Å². The molecule has 1 atom stereocenters. The van der Waals surface area contributed by atoms with Crippen molar-refractivity contribution >= 4 is 17.4 Å². The van der Waals surface area contributed by atoms with E-state index < -0.39 is 17.7 Å². The molecule has 0 spiro atoms. The molecule has 1 aliphatic rings. The number of hydrogen-bond acceptors (Lipinski definition) is 6. The first-order valence-corrected chi connectivity index (χ1v) is 10.5. The molecule has 8 heteroatoms. The molecule has 1 saturated heterocycles. The molecule has 3 aromatic rings. The van der Waals surface area contributed by atoms with Crippen LogP contribution in [0.3, 0.4) is 0 Å². The molecule has 0 bridgehead atoms. The van der Waals surface area contributed by atoms with E-state index in [9.17, 15) is 14.7 Å². The van der Waals surface area contributed by atoms with Gasteiger partial charge in [-0.15, -0.1) is 0 Å². The van der Waals surface area contributed by atoms with Crippen LogP contribution < -0.4 is 4.74 Å². The van der Waals surface area contributed by atoms with Gasteiger partial charge in [0.05, 0.1) is 24.2 Å². The Labute approximate surface area is 185 Å². The number of carbonyl (C=O) groups excluding carboxylic acids is 2. The highest BCUT2D eigenvalue weighted by Gasteiger charge is 2.46. The molecule has 3 heterocycles. The van der Waals surface area contributed by atoms with E-state index in [1.807, 2.05) is 17.7 Å². The van der Waals surface area contributed by atoms with Gasteiger partial charge in [0.15, 0.2) is 0 Å². The van der Waals surface area contributed by atoms with Crippen LogP contribution in [0, 0.1) is 0 Å². The summed E-state index contributed by atoms with van der Waals surface area (Å²) < 4.78 is 7.35. The Morgan fingerprint density at radius 1 is 1.09 bits per heavy atom. The summed E-state index contributed by atoms with van der Waals surface area (Å²) in [5, 5.41) is 11.1. The minimum Gasteiger partial charge on any atom is -0.507 e. The van der Waals surface area contributed by atoms with Gasteiger partial charge in [-0.1, -0.05) is 6.07 Å². The van der Waals surface area contributed by atoms with Crippen molar-refractivity contribution in [2.75, 3.05) is 13.2 Å². The number of benzene rings is 1. The number of pyridine rings is 1. The number of amides is 1. The van der Waals surface area contributed by atoms with Crippen molar-refractivity contribution in [1.29, 1.82) is 0 Å². The van der Waals surface area contributed by atoms with Crippen molar-refractivity contribution in [2.24, 2.45) is 0 Å². The van der Waals surface area contributed by atoms with Gasteiger partial charge in [-0.2, -0.15) is 0 Å². The molecule has 1 fully saturated rings. The second kappa shape index (κ2) is 9.47. The first-order chi connectivity index (χ1) is 15.6. The second-order valence-electron chi connectivity index (χ2n) is 7.36. The number of imidazole rings is 1. The van der Waals surface area contributed by atoms with E-state index in [2.05, 4.69) is 9.97 Å². The van der Waals surface area contributed by atoms with Crippen molar-refractivity contribution in [1.82, 2.24) is 19.4 Å². The molecular weight excluding hydrogens is 408 g/mol. The zero-order valence-corrected chi connectivity index (χ0v) is 17.7. The summed E-state index contributed by atoms with van der Waals surface area (Å²) in [5.74, 6) is -0.919. The van der Waals surface area contributed by atoms with E-state index in [1.54, 1.807) is 61.2 Å². The topological polar surface area (TPSA) is 97.6 Å². The number of carbonyl (C=O) groups is 2. The number of ether oxygens (including phenoxy) is 1. The summed E-state index contributed by atoms with van der Waals surface area (Å²) in [4.78, 5) is 35.8. The van der Waals surface area contributed by atoms with Crippen molar-refractivity contribution in [2.45, 2.75) is 25.9 Å². The van der Waals surface area contributed by atoms with E-state index in [0.29, 0.717) is 43.1 Å². The summed E-state index contributed by atoms with van der Waals surface area (Å²) in [6.07, 6.45) is 7.47. The predicted octanol–water partition coefficient (Wildman–Crippen LogP) is 3.19. The highest BCUT2D eigenvalue weighted by atomic mass is 16.5. The van der Waals surface area contributed by atoms with Gasteiger partial charge in [-0.3, -0.25) is 14.6 Å². The average molecular weight is 432 g/mol. The second-order valence-corrected chi connectivity index (χ2v) is 7.36. The standard InChI is InChI=1S/C24H24N4O4/c1-2-32-18-9-7-17(8-10-18)22(29)20-21(19-6-3-4-11-26-19)28(24(31)23(20)30)14-5-13-27-15-12-25-16-27/h3-4,6-12,15-16,21,29H,2,5,13-14H2,1H3. The van der Waals surface area contributed by atoms with Gasteiger partial charge in [-0.05, 0) is 49.7 Å². The smallest absolute Gasteiger partial charge is 0.295 e. The van der Waals surface area contributed by atoms with E-state index >= 15 is 0 Å². The fourth-order valence-corrected chi connectivity index (χ4v) is 3.83. The number of rotatable bonds is 8. The molecule has 1 aliphatic heterocycles. The van der Waals surface area contributed by atoms with Crippen molar-refractivity contribution in [3.63, 3.8) is 0 Å². The number of aliphatic hydroxyl groups excluding tert-OH is 1. The fourth-order valence-electron chi connectivity index (χ4n) is 3.83. The fraction of sp³-hybridized carbons (Fsp3) is 0.250. The van der Waals surface area contributed by atoms with E-state index in [0.717, 1.165) is 0 Å². The molecule has 1 unspecified atom stereocenters. The Kier molecular flexibility index (Phi) is 6.30. The van der Waals surface area contributed by atoms with Crippen LogP contribution in [0.15, 0.2) is 73.0 Å². The van der Waals surface area contributed by atoms with E-state index in [-0.39, 0.29) is 11.3 Å². The number of Topliss-reactive ketones (excluding diaryl/α,β-unsaturated/α-hetero) is 1. The molecule has 1 aromatic carbocycles. The predicted molar refractivity (Wildman–Crippen MR) is 118 cm³/mol.